The number of halogens is 6. The number of hydrogen-bond donors (Lipinski definition) is 0. The van der Waals surface area contributed by atoms with Crippen LogP contribution in [-0.2, 0) is 55.2 Å². The van der Waals surface area contributed by atoms with Crippen molar-refractivity contribution in [2.24, 2.45) is 0 Å². The fourth-order valence-corrected chi connectivity index (χ4v) is 11.2. The van der Waals surface area contributed by atoms with Gasteiger partial charge in [-0.15, -0.1) is 0 Å². The molecule has 4 aromatic rings. The number of nitrogens with zero attached hydrogens (tertiary/aromatic N) is 6. The number of ether oxygens (including phenoxy) is 6. The summed E-state index contributed by atoms with van der Waals surface area (Å²) in [5.74, 6) is 0.741. The van der Waals surface area contributed by atoms with Crippen LogP contribution in [0.5, 0.6) is 11.5 Å². The summed E-state index contributed by atoms with van der Waals surface area (Å²) in [6.45, 7) is 11.1. The topological polar surface area (TPSA) is 155 Å². The fourth-order valence-electron chi connectivity index (χ4n) is 11.2. The van der Waals surface area contributed by atoms with Crippen molar-refractivity contribution in [3.8, 4) is 11.5 Å². The lowest BCUT2D eigenvalue weighted by Crippen LogP contribution is -2.58. The van der Waals surface area contributed by atoms with E-state index in [-0.39, 0.29) is 77.3 Å². The van der Waals surface area contributed by atoms with Crippen molar-refractivity contribution in [3.63, 3.8) is 0 Å². The molecule has 0 radical (unpaired) electrons. The molecule has 1 saturated heterocycles. The van der Waals surface area contributed by atoms with Crippen LogP contribution in [0, 0.1) is 20.2 Å². The van der Waals surface area contributed by atoms with Crippen molar-refractivity contribution >= 4 is 34.9 Å². The zero-order valence-corrected chi connectivity index (χ0v) is 43.0. The van der Waals surface area contributed by atoms with Crippen molar-refractivity contribution in [2.75, 3.05) is 103 Å². The molecule has 5 aliphatic heterocycles. The monoisotopic (exact) mass is 1070 g/mol. The van der Waals surface area contributed by atoms with E-state index in [2.05, 4.69) is 0 Å². The maximum atomic E-state index is 13.9. The predicted molar refractivity (Wildman–Crippen MR) is 271 cm³/mol. The number of nitro benzene ring substituents is 2. The van der Waals surface area contributed by atoms with Gasteiger partial charge in [0.05, 0.1) is 84.7 Å². The van der Waals surface area contributed by atoms with Crippen molar-refractivity contribution in [3.05, 3.63) is 138 Å². The maximum absolute atomic E-state index is 13.9. The zero-order valence-electron chi connectivity index (χ0n) is 43.0. The molecular weight excluding hydrogens is 1010 g/mol. The van der Waals surface area contributed by atoms with Crippen molar-refractivity contribution in [1.29, 1.82) is 0 Å². The minimum Gasteiger partial charge on any atom is -0.462 e. The van der Waals surface area contributed by atoms with Crippen LogP contribution in [0.1, 0.15) is 72.2 Å². The van der Waals surface area contributed by atoms with E-state index in [0.717, 1.165) is 24.3 Å². The van der Waals surface area contributed by atoms with Crippen LogP contribution in [0.25, 0.3) is 12.2 Å². The first-order chi connectivity index (χ1) is 35.9. The molecule has 0 aromatic heterocycles. The molecule has 2 unspecified atom stereocenters. The molecule has 2 spiro atoms. The lowest BCUT2D eigenvalue weighted by molar-refractivity contribution is -0.385. The number of fused-ring (bicyclic) bond motifs is 4. The smallest absolute Gasteiger partial charge is 0.416 e. The molecule has 22 heteroatoms. The lowest BCUT2D eigenvalue weighted by atomic mass is 9.76. The van der Waals surface area contributed by atoms with Crippen LogP contribution < -0.4 is 19.3 Å². The SMILES string of the molecule is CN1c2ccc(C(F)(F)F)cc2C(C)(C)C12C=Cc1cc([N+](=O)[O-])cc(CN3CCOCCOCCN(Cc4cc([N+](=O)[O-])cc5c4OC4(C=C5)N(C)c5ccc(C(F)(F)F)cc5C4(C)C)CCOCCOCC3)c1O2. The molecule has 0 aliphatic carbocycles. The Labute approximate surface area is 435 Å². The van der Waals surface area contributed by atoms with E-state index in [0.29, 0.717) is 82.4 Å². The molecule has 4 aromatic carbocycles. The molecule has 5 heterocycles. The number of anilines is 2. The highest BCUT2D eigenvalue weighted by Crippen LogP contribution is 2.58. The molecule has 9 rings (SSSR count). The van der Waals surface area contributed by atoms with Crippen molar-refractivity contribution < 1.29 is 64.6 Å². The van der Waals surface area contributed by atoms with Gasteiger partial charge >= 0.3 is 12.4 Å². The Hall–Kier alpha value is -6.30. The minimum absolute atomic E-state index is 0.152. The van der Waals surface area contributed by atoms with E-state index >= 15 is 0 Å². The van der Waals surface area contributed by atoms with E-state index < -0.39 is 55.6 Å². The van der Waals surface area contributed by atoms with Crippen LogP contribution in [0.3, 0.4) is 0 Å². The van der Waals surface area contributed by atoms with E-state index in [1.807, 2.05) is 37.5 Å². The number of rotatable bonds is 6. The Morgan fingerprint density at radius 2 is 0.868 bits per heavy atom. The third kappa shape index (κ3) is 9.98. The first-order valence-electron chi connectivity index (χ1n) is 24.9. The average molecular weight is 1070 g/mol. The third-order valence-corrected chi connectivity index (χ3v) is 15.5. The van der Waals surface area contributed by atoms with Gasteiger partial charge in [-0.2, -0.15) is 26.3 Å². The Bertz CT molecular complexity index is 2730. The highest BCUT2D eigenvalue weighted by Gasteiger charge is 2.60. The fraction of sp³-hybridized carbons (Fsp3) is 0.481. The van der Waals surface area contributed by atoms with Gasteiger partial charge in [-0.3, -0.25) is 30.0 Å². The largest absolute Gasteiger partial charge is 0.462 e. The number of nitro groups is 2. The Morgan fingerprint density at radius 1 is 0.526 bits per heavy atom. The molecule has 408 valence electrons. The number of benzene rings is 4. The standard InChI is InChI=1S/C54H60F6N6O10/c1-49(2)43-31-39(53(55,56)57)7-9-45(43)61(5)51(49)13-11-35-27-41(65(67)68)29-37(47(35)75-51)33-63-15-19-71-23-25-73-21-17-64(18-22-74-26-24-72-20-16-63)34-38-30-42(66(69)70)28-36-12-14-52(76-48(36)38)50(3,4)44-32-40(54(58,59)60)8-10-46(44)62(52)6/h7-14,27-32H,15-26,33-34H2,1-6H3. The molecule has 0 amide bonds. The second-order valence-electron chi connectivity index (χ2n) is 20.7. The van der Waals surface area contributed by atoms with Crippen molar-refractivity contribution in [2.45, 2.75) is 75.4 Å². The summed E-state index contributed by atoms with van der Waals surface area (Å²) >= 11 is 0. The van der Waals surface area contributed by atoms with Crippen LogP contribution in [-0.4, -0.2) is 124 Å². The maximum Gasteiger partial charge on any atom is 0.416 e. The molecule has 0 N–H and O–H groups in total. The van der Waals surface area contributed by atoms with Gasteiger partial charge in [0.15, 0.2) is 0 Å². The summed E-state index contributed by atoms with van der Waals surface area (Å²) in [6.07, 6.45) is -2.15. The number of hydrogen-bond acceptors (Lipinski definition) is 14. The molecule has 1 fully saturated rings. The number of alkyl halides is 6. The highest BCUT2D eigenvalue weighted by atomic mass is 19.4. The Morgan fingerprint density at radius 3 is 1.18 bits per heavy atom. The predicted octanol–water partition coefficient (Wildman–Crippen LogP) is 9.98. The minimum atomic E-state index is -4.56. The Balaban J connectivity index is 0.871. The second-order valence-corrected chi connectivity index (χ2v) is 20.7. The van der Waals surface area contributed by atoms with Gasteiger partial charge in [-0.1, -0.05) is 0 Å². The number of likely N-dealkylation sites (N-methyl/N-ethyl adjacent to an activating group) is 2. The van der Waals surface area contributed by atoms with Gasteiger partial charge in [-0.25, -0.2) is 0 Å². The first-order valence-corrected chi connectivity index (χ1v) is 24.9. The van der Waals surface area contributed by atoms with Gasteiger partial charge in [0.25, 0.3) is 11.4 Å². The summed E-state index contributed by atoms with van der Waals surface area (Å²) < 4.78 is 121. The summed E-state index contributed by atoms with van der Waals surface area (Å²) in [6, 6.07) is 13.0. The first kappa shape index (κ1) is 54.5. The van der Waals surface area contributed by atoms with E-state index in [9.17, 15) is 46.6 Å². The van der Waals surface area contributed by atoms with E-state index in [1.165, 1.54) is 36.4 Å². The van der Waals surface area contributed by atoms with E-state index in [4.69, 9.17) is 28.4 Å². The molecule has 0 bridgehead atoms. The molecule has 5 aliphatic rings. The zero-order chi connectivity index (χ0) is 54.6. The molecular formula is C54H60F6N6O10. The summed E-state index contributed by atoms with van der Waals surface area (Å²) in [5, 5.41) is 24.5. The van der Waals surface area contributed by atoms with Crippen LogP contribution in [0.15, 0.2) is 72.8 Å². The normalized spacial score (nSPS) is 23.3. The van der Waals surface area contributed by atoms with Crippen LogP contribution in [0.4, 0.5) is 49.1 Å². The third-order valence-electron chi connectivity index (χ3n) is 15.5. The van der Waals surface area contributed by atoms with E-state index in [1.54, 1.807) is 48.2 Å². The van der Waals surface area contributed by atoms with Gasteiger partial charge in [0.1, 0.15) is 11.5 Å². The van der Waals surface area contributed by atoms with Crippen molar-refractivity contribution in [1.82, 2.24) is 9.80 Å². The summed E-state index contributed by atoms with van der Waals surface area (Å²) in [7, 11) is 3.51. The van der Waals surface area contributed by atoms with Crippen LogP contribution >= 0.6 is 0 Å². The molecule has 16 nitrogen and oxygen atoms in total. The summed E-state index contributed by atoms with van der Waals surface area (Å²) in [5.41, 5.74) is -2.49. The molecule has 2 atom stereocenters. The second kappa shape index (κ2) is 20.6. The van der Waals surface area contributed by atoms with Crippen LogP contribution in [0.2, 0.25) is 0 Å². The van der Waals surface area contributed by atoms with Gasteiger partial charge in [0.2, 0.25) is 11.4 Å². The summed E-state index contributed by atoms with van der Waals surface area (Å²) in [4.78, 5) is 31.2. The lowest BCUT2D eigenvalue weighted by Gasteiger charge is -2.46. The molecule has 76 heavy (non-hydrogen) atoms. The highest BCUT2D eigenvalue weighted by molar-refractivity contribution is 5.76. The molecule has 0 saturated carbocycles. The Kier molecular flexibility index (Phi) is 14.8. The quantitative estimate of drug-likeness (QED) is 0.102. The van der Waals surface area contributed by atoms with Gasteiger partial charge in [-0.05, 0) is 99.5 Å². The number of non-ortho nitro benzene ring substituents is 2. The average Bonchev–Trinajstić information content (AvgIpc) is 3.68. The van der Waals surface area contributed by atoms with Gasteiger partial charge < -0.3 is 38.2 Å². The van der Waals surface area contributed by atoms with Gasteiger partial charge in [0, 0.05) is 111 Å².